The summed E-state index contributed by atoms with van der Waals surface area (Å²) in [5, 5.41) is 11.1. The van der Waals surface area contributed by atoms with Crippen molar-refractivity contribution >= 4 is 5.95 Å². The topological polar surface area (TPSA) is 109 Å². The lowest BCUT2D eigenvalue weighted by atomic mass is 10.1. The highest BCUT2D eigenvalue weighted by Crippen LogP contribution is 2.13. The predicted octanol–water partition coefficient (Wildman–Crippen LogP) is 1.47. The summed E-state index contributed by atoms with van der Waals surface area (Å²) < 4.78 is 5.06. The summed E-state index contributed by atoms with van der Waals surface area (Å²) in [5.41, 5.74) is 9.65. The van der Waals surface area contributed by atoms with Gasteiger partial charge < -0.3 is 15.1 Å². The van der Waals surface area contributed by atoms with Crippen molar-refractivity contribution in [2.45, 2.75) is 25.7 Å². The van der Waals surface area contributed by atoms with E-state index >= 15 is 0 Å². The molecule has 104 valence electrons. The lowest BCUT2D eigenvalue weighted by Crippen LogP contribution is -1.97. The van der Waals surface area contributed by atoms with Crippen molar-refractivity contribution in [2.75, 3.05) is 5.73 Å². The normalized spacial score (nSPS) is 11.0. The Balaban J connectivity index is 1.56. The summed E-state index contributed by atoms with van der Waals surface area (Å²) in [5.74, 6) is 0.460. The number of anilines is 1. The maximum Gasteiger partial charge on any atom is 0.197 e. The molecule has 0 amide bonds. The van der Waals surface area contributed by atoms with Crippen LogP contribution in [-0.4, -0.2) is 25.4 Å². The number of furan rings is 1. The van der Waals surface area contributed by atoms with Crippen LogP contribution in [0.2, 0.25) is 0 Å². The molecule has 0 radical (unpaired) electrons. The van der Waals surface area contributed by atoms with Crippen molar-refractivity contribution in [1.82, 2.24) is 25.4 Å². The molecule has 0 bridgehead atoms. The fourth-order valence-corrected chi connectivity index (χ4v) is 2.15. The van der Waals surface area contributed by atoms with Gasteiger partial charge in [-0.25, -0.2) is 4.98 Å². The van der Waals surface area contributed by atoms with Crippen molar-refractivity contribution < 1.29 is 4.42 Å². The summed E-state index contributed by atoms with van der Waals surface area (Å²) in [6.07, 6.45) is 8.62. The zero-order chi connectivity index (χ0) is 13.8. The molecule has 0 atom stereocenters. The molecule has 0 spiro atoms. The van der Waals surface area contributed by atoms with E-state index in [1.807, 2.05) is 6.07 Å². The van der Waals surface area contributed by atoms with Gasteiger partial charge in [0.25, 0.3) is 0 Å². The molecule has 3 aromatic rings. The van der Waals surface area contributed by atoms with Gasteiger partial charge in [0.15, 0.2) is 5.95 Å². The van der Waals surface area contributed by atoms with Crippen LogP contribution in [0.1, 0.15) is 29.1 Å². The number of rotatable bonds is 6. The van der Waals surface area contributed by atoms with Crippen LogP contribution in [0, 0.1) is 0 Å². The van der Waals surface area contributed by atoms with E-state index in [1.54, 1.807) is 18.7 Å². The van der Waals surface area contributed by atoms with Gasteiger partial charge in [-0.2, -0.15) is 15.4 Å². The van der Waals surface area contributed by atoms with Gasteiger partial charge in [-0.15, -0.1) is 0 Å². The first-order chi connectivity index (χ1) is 9.81. The van der Waals surface area contributed by atoms with Gasteiger partial charge in [0.05, 0.1) is 30.1 Å². The highest BCUT2D eigenvalue weighted by atomic mass is 16.3. The van der Waals surface area contributed by atoms with E-state index < -0.39 is 0 Å². The fourth-order valence-electron chi connectivity index (χ4n) is 2.15. The molecule has 0 saturated heterocycles. The number of aromatic amines is 2. The Hall–Kier alpha value is -2.57. The maximum atomic E-state index is 5.54. The molecule has 0 saturated carbocycles. The molecule has 0 aromatic carbocycles. The third-order valence-electron chi connectivity index (χ3n) is 3.16. The van der Waals surface area contributed by atoms with Crippen LogP contribution in [0.25, 0.3) is 0 Å². The minimum Gasteiger partial charge on any atom is -0.472 e. The minimum absolute atomic E-state index is 0.460. The average Bonchev–Trinajstić information content (AvgIpc) is 3.15. The SMILES string of the molecule is Nc1ncc(CCCc2n[nH]nc2Cc2ccoc2)[nH]1. The number of hydrogen-bond acceptors (Lipinski definition) is 5. The van der Waals surface area contributed by atoms with Gasteiger partial charge >= 0.3 is 0 Å². The number of nitrogen functional groups attached to an aromatic ring is 1. The second-order valence-corrected chi connectivity index (χ2v) is 4.67. The summed E-state index contributed by atoms with van der Waals surface area (Å²) in [4.78, 5) is 6.99. The Bertz CT molecular complexity index is 654. The van der Waals surface area contributed by atoms with E-state index in [-0.39, 0.29) is 0 Å². The van der Waals surface area contributed by atoms with Crippen LogP contribution in [-0.2, 0) is 19.3 Å². The van der Waals surface area contributed by atoms with Crippen molar-refractivity contribution in [3.8, 4) is 0 Å². The average molecular weight is 272 g/mol. The molecule has 0 aliphatic heterocycles. The quantitative estimate of drug-likeness (QED) is 0.629. The standard InChI is InChI=1S/C13H16N6O/c14-13-15-7-10(16-13)2-1-3-11-12(18-19-17-11)6-9-4-5-20-8-9/h4-5,7-8H,1-3,6H2,(H3,14,15,16)(H,17,18,19). The number of imidazole rings is 1. The van der Waals surface area contributed by atoms with Gasteiger partial charge in [0.1, 0.15) is 0 Å². The molecule has 7 heteroatoms. The van der Waals surface area contributed by atoms with Crippen LogP contribution >= 0.6 is 0 Å². The Kier molecular flexibility index (Phi) is 3.49. The highest BCUT2D eigenvalue weighted by molar-refractivity contribution is 5.20. The molecule has 20 heavy (non-hydrogen) atoms. The third kappa shape index (κ3) is 2.87. The molecular weight excluding hydrogens is 256 g/mol. The van der Waals surface area contributed by atoms with E-state index in [0.717, 1.165) is 48.3 Å². The zero-order valence-electron chi connectivity index (χ0n) is 11.0. The second kappa shape index (κ2) is 5.60. The number of nitrogens with two attached hydrogens (primary N) is 1. The molecule has 0 aliphatic rings. The van der Waals surface area contributed by atoms with Crippen molar-refractivity contribution in [3.05, 3.63) is 47.4 Å². The summed E-state index contributed by atoms with van der Waals surface area (Å²) in [6.45, 7) is 0. The fraction of sp³-hybridized carbons (Fsp3) is 0.308. The molecule has 0 aliphatic carbocycles. The lowest BCUT2D eigenvalue weighted by molar-refractivity contribution is 0.564. The van der Waals surface area contributed by atoms with Gasteiger partial charge in [-0.05, 0) is 30.9 Å². The van der Waals surface area contributed by atoms with Crippen molar-refractivity contribution in [1.29, 1.82) is 0 Å². The van der Waals surface area contributed by atoms with E-state index in [4.69, 9.17) is 10.2 Å². The van der Waals surface area contributed by atoms with Crippen LogP contribution in [0.15, 0.2) is 29.2 Å². The van der Waals surface area contributed by atoms with E-state index in [2.05, 4.69) is 25.4 Å². The molecule has 4 N–H and O–H groups in total. The molecule has 0 fully saturated rings. The van der Waals surface area contributed by atoms with Gasteiger partial charge in [0.2, 0.25) is 0 Å². The van der Waals surface area contributed by atoms with Gasteiger partial charge in [-0.1, -0.05) is 0 Å². The molecular formula is C13H16N6O. The number of hydrogen-bond donors (Lipinski definition) is 3. The Morgan fingerprint density at radius 3 is 2.85 bits per heavy atom. The van der Waals surface area contributed by atoms with Crippen LogP contribution in [0.3, 0.4) is 0 Å². The third-order valence-corrected chi connectivity index (χ3v) is 3.16. The number of aryl methyl sites for hydroxylation is 2. The van der Waals surface area contributed by atoms with Crippen molar-refractivity contribution in [2.24, 2.45) is 0 Å². The molecule has 0 unspecified atom stereocenters. The first-order valence-corrected chi connectivity index (χ1v) is 6.50. The Labute approximate surface area is 115 Å². The zero-order valence-corrected chi connectivity index (χ0v) is 11.0. The minimum atomic E-state index is 0.460. The Morgan fingerprint density at radius 1 is 1.20 bits per heavy atom. The molecule has 3 heterocycles. The largest absolute Gasteiger partial charge is 0.472 e. The van der Waals surface area contributed by atoms with Crippen LogP contribution in [0.4, 0.5) is 5.95 Å². The van der Waals surface area contributed by atoms with E-state index in [1.165, 1.54) is 0 Å². The molecule has 7 nitrogen and oxygen atoms in total. The summed E-state index contributed by atoms with van der Waals surface area (Å²) >= 11 is 0. The van der Waals surface area contributed by atoms with Crippen molar-refractivity contribution in [3.63, 3.8) is 0 Å². The number of nitrogens with one attached hydrogen (secondary N) is 2. The Morgan fingerprint density at radius 2 is 2.10 bits per heavy atom. The molecule has 3 aromatic heterocycles. The first-order valence-electron chi connectivity index (χ1n) is 6.50. The van der Waals surface area contributed by atoms with E-state index in [9.17, 15) is 0 Å². The van der Waals surface area contributed by atoms with Gasteiger partial charge in [0, 0.05) is 12.1 Å². The number of H-pyrrole nitrogens is 2. The first kappa shape index (κ1) is 12.5. The molecule has 3 rings (SSSR count). The number of nitrogens with zero attached hydrogens (tertiary/aromatic N) is 3. The lowest BCUT2D eigenvalue weighted by Gasteiger charge is -1.99. The predicted molar refractivity (Wildman–Crippen MR) is 72.9 cm³/mol. The van der Waals surface area contributed by atoms with Gasteiger partial charge in [-0.3, -0.25) is 0 Å². The summed E-state index contributed by atoms with van der Waals surface area (Å²) in [7, 11) is 0. The van der Waals surface area contributed by atoms with E-state index in [0.29, 0.717) is 5.95 Å². The highest BCUT2D eigenvalue weighted by Gasteiger charge is 2.09. The second-order valence-electron chi connectivity index (χ2n) is 4.67. The van der Waals surface area contributed by atoms with Crippen LogP contribution in [0.5, 0.6) is 0 Å². The smallest absolute Gasteiger partial charge is 0.197 e. The summed E-state index contributed by atoms with van der Waals surface area (Å²) in [6, 6.07) is 1.94. The monoisotopic (exact) mass is 272 g/mol. The number of aromatic nitrogens is 5. The maximum absolute atomic E-state index is 5.54. The van der Waals surface area contributed by atoms with Crippen LogP contribution < -0.4 is 5.73 Å².